The molecule has 0 bridgehead atoms. The Morgan fingerprint density at radius 2 is 1.92 bits per heavy atom. The van der Waals surface area contributed by atoms with Gasteiger partial charge in [0.15, 0.2) is 0 Å². The van der Waals surface area contributed by atoms with Gasteiger partial charge in [-0.1, -0.05) is 25.0 Å². The Hall–Kier alpha value is -1.99. The first-order chi connectivity index (χ1) is 12.2. The van der Waals surface area contributed by atoms with Crippen LogP contribution in [0, 0.1) is 5.82 Å². The highest BCUT2D eigenvalue weighted by molar-refractivity contribution is 5.91. The van der Waals surface area contributed by atoms with Gasteiger partial charge in [-0.3, -0.25) is 9.59 Å². The van der Waals surface area contributed by atoms with E-state index in [1.807, 2.05) is 0 Å². The van der Waals surface area contributed by atoms with Gasteiger partial charge in [0.1, 0.15) is 11.4 Å². The average molecular weight is 366 g/mol. The van der Waals surface area contributed by atoms with Crippen LogP contribution in [0.15, 0.2) is 24.3 Å². The third-order valence-corrected chi connectivity index (χ3v) is 4.66. The number of aliphatic hydroxyl groups is 2. The summed E-state index contributed by atoms with van der Waals surface area (Å²) in [6.45, 7) is 3.12. The highest BCUT2D eigenvalue weighted by Crippen LogP contribution is 2.19. The van der Waals surface area contributed by atoms with Crippen LogP contribution >= 0.6 is 0 Å². The lowest BCUT2D eigenvalue weighted by Gasteiger charge is -2.30. The normalized spacial score (nSPS) is 23.8. The number of nitrogens with one attached hydrogen (secondary N) is 2. The molecule has 0 aliphatic heterocycles. The molecule has 0 saturated heterocycles. The highest BCUT2D eigenvalue weighted by atomic mass is 19.1. The van der Waals surface area contributed by atoms with Crippen LogP contribution in [-0.2, 0) is 16.0 Å². The van der Waals surface area contributed by atoms with Crippen molar-refractivity contribution in [2.45, 2.75) is 69.7 Å². The maximum absolute atomic E-state index is 13.2. The Morgan fingerprint density at radius 1 is 1.23 bits per heavy atom. The van der Waals surface area contributed by atoms with Gasteiger partial charge in [-0.25, -0.2) is 4.39 Å². The molecular formula is C19H27FN2O4. The van der Waals surface area contributed by atoms with Gasteiger partial charge in [-0.05, 0) is 44.4 Å². The zero-order valence-corrected chi connectivity index (χ0v) is 15.2. The summed E-state index contributed by atoms with van der Waals surface area (Å²) in [6, 6.07) is 5.17. The van der Waals surface area contributed by atoms with Crippen LogP contribution in [0.1, 0.15) is 45.1 Å². The third-order valence-electron chi connectivity index (χ3n) is 4.66. The number of amides is 2. The maximum Gasteiger partial charge on any atom is 0.245 e. The molecule has 1 fully saturated rings. The standard InChI is InChI=1S/C19H27FN2O4/c1-19(2,22-16(24)11-12-6-5-7-13(20)10-12)18(26)21-14-8-3-4-9-15(23)17(14)25/h5-7,10,14-15,17,23,25H,3-4,8-9,11H2,1-2H3,(H,21,26)(H,22,24)/t14-,15-,17-/m1/s1. The molecule has 4 N–H and O–H groups in total. The second-order valence-electron chi connectivity index (χ2n) is 7.40. The summed E-state index contributed by atoms with van der Waals surface area (Å²) < 4.78 is 13.2. The summed E-state index contributed by atoms with van der Waals surface area (Å²) >= 11 is 0. The van der Waals surface area contributed by atoms with E-state index < -0.39 is 41.4 Å². The number of rotatable bonds is 5. The Balaban J connectivity index is 1.95. The molecule has 1 aromatic carbocycles. The summed E-state index contributed by atoms with van der Waals surface area (Å²) in [5.41, 5.74) is -0.692. The van der Waals surface area contributed by atoms with Crippen molar-refractivity contribution in [1.82, 2.24) is 10.6 Å². The van der Waals surface area contributed by atoms with E-state index in [1.54, 1.807) is 19.9 Å². The Labute approximate surface area is 152 Å². The van der Waals surface area contributed by atoms with Crippen LogP contribution in [0.25, 0.3) is 0 Å². The Morgan fingerprint density at radius 3 is 2.62 bits per heavy atom. The molecule has 0 spiro atoms. The summed E-state index contributed by atoms with van der Waals surface area (Å²) in [5, 5.41) is 25.4. The SMILES string of the molecule is CC(C)(NC(=O)Cc1cccc(F)c1)C(=O)N[C@@H]1CCCC[C@@H](O)[C@@H]1O. The molecule has 1 saturated carbocycles. The molecule has 2 amide bonds. The minimum Gasteiger partial charge on any atom is -0.390 e. The Kier molecular flexibility index (Phi) is 6.72. The van der Waals surface area contributed by atoms with Crippen molar-refractivity contribution < 1.29 is 24.2 Å². The van der Waals surface area contributed by atoms with E-state index in [0.717, 1.165) is 12.8 Å². The summed E-state index contributed by atoms with van der Waals surface area (Å²) in [4.78, 5) is 24.8. The molecule has 2 rings (SSSR count). The van der Waals surface area contributed by atoms with Crippen LogP contribution in [0.2, 0.25) is 0 Å². The van der Waals surface area contributed by atoms with E-state index >= 15 is 0 Å². The van der Waals surface area contributed by atoms with Crippen LogP contribution in [0.5, 0.6) is 0 Å². The molecular weight excluding hydrogens is 339 g/mol. The third kappa shape index (κ3) is 5.51. The van der Waals surface area contributed by atoms with Crippen LogP contribution in [0.4, 0.5) is 4.39 Å². The van der Waals surface area contributed by atoms with Crippen LogP contribution in [0.3, 0.4) is 0 Å². The topological polar surface area (TPSA) is 98.7 Å². The largest absolute Gasteiger partial charge is 0.390 e. The maximum atomic E-state index is 13.2. The minimum absolute atomic E-state index is 0.0424. The predicted octanol–water partition coefficient (Wildman–Crippen LogP) is 1.04. The van der Waals surface area contributed by atoms with Gasteiger partial charge < -0.3 is 20.8 Å². The molecule has 6 nitrogen and oxygen atoms in total. The van der Waals surface area contributed by atoms with Crippen molar-refractivity contribution in [3.8, 4) is 0 Å². The summed E-state index contributed by atoms with van der Waals surface area (Å²) in [5.74, 6) is -1.27. The van der Waals surface area contributed by atoms with Crippen LogP contribution < -0.4 is 10.6 Å². The van der Waals surface area contributed by atoms with Gasteiger partial charge in [0.25, 0.3) is 0 Å². The van der Waals surface area contributed by atoms with Gasteiger partial charge >= 0.3 is 0 Å². The zero-order valence-electron chi connectivity index (χ0n) is 15.2. The number of carbonyl (C=O) groups is 2. The lowest BCUT2D eigenvalue weighted by atomic mass is 9.99. The monoisotopic (exact) mass is 366 g/mol. The van der Waals surface area contributed by atoms with Crippen molar-refractivity contribution in [3.05, 3.63) is 35.6 Å². The van der Waals surface area contributed by atoms with Gasteiger partial charge in [-0.2, -0.15) is 0 Å². The fourth-order valence-electron chi connectivity index (χ4n) is 3.12. The number of hydrogen-bond donors (Lipinski definition) is 4. The molecule has 26 heavy (non-hydrogen) atoms. The second-order valence-corrected chi connectivity index (χ2v) is 7.40. The Bertz CT molecular complexity index is 650. The van der Waals surface area contributed by atoms with E-state index in [4.69, 9.17) is 0 Å². The van der Waals surface area contributed by atoms with E-state index in [9.17, 15) is 24.2 Å². The molecule has 0 heterocycles. The fraction of sp³-hybridized carbons (Fsp3) is 0.579. The number of hydrogen-bond acceptors (Lipinski definition) is 4. The number of benzene rings is 1. The molecule has 0 aromatic heterocycles. The highest BCUT2D eigenvalue weighted by Gasteiger charge is 2.35. The van der Waals surface area contributed by atoms with Gasteiger partial charge in [-0.15, -0.1) is 0 Å². The van der Waals surface area contributed by atoms with Crippen molar-refractivity contribution >= 4 is 11.8 Å². The first-order valence-corrected chi connectivity index (χ1v) is 8.91. The molecule has 1 aromatic rings. The van der Waals surface area contributed by atoms with Crippen molar-refractivity contribution in [2.75, 3.05) is 0 Å². The second kappa shape index (κ2) is 8.60. The number of aliphatic hydroxyl groups excluding tert-OH is 2. The molecule has 1 aliphatic rings. The van der Waals surface area contributed by atoms with Crippen molar-refractivity contribution in [1.29, 1.82) is 0 Å². The first-order valence-electron chi connectivity index (χ1n) is 8.91. The number of carbonyl (C=O) groups excluding carboxylic acids is 2. The molecule has 1 aliphatic carbocycles. The predicted molar refractivity (Wildman–Crippen MR) is 94.7 cm³/mol. The number of halogens is 1. The van der Waals surface area contributed by atoms with Crippen molar-refractivity contribution in [3.63, 3.8) is 0 Å². The lowest BCUT2D eigenvalue weighted by molar-refractivity contribution is -0.133. The van der Waals surface area contributed by atoms with E-state index in [0.29, 0.717) is 18.4 Å². The fourth-order valence-corrected chi connectivity index (χ4v) is 3.12. The smallest absolute Gasteiger partial charge is 0.245 e. The molecule has 7 heteroatoms. The van der Waals surface area contributed by atoms with Gasteiger partial charge in [0.05, 0.1) is 24.7 Å². The van der Waals surface area contributed by atoms with E-state index in [-0.39, 0.29) is 6.42 Å². The quantitative estimate of drug-likeness (QED) is 0.585. The molecule has 0 radical (unpaired) electrons. The van der Waals surface area contributed by atoms with Gasteiger partial charge in [0.2, 0.25) is 11.8 Å². The molecule has 3 atom stereocenters. The summed E-state index contributed by atoms with van der Waals surface area (Å²) in [6.07, 6.45) is 0.718. The first kappa shape index (κ1) is 20.3. The molecule has 144 valence electrons. The van der Waals surface area contributed by atoms with E-state index in [1.165, 1.54) is 18.2 Å². The summed E-state index contributed by atoms with van der Waals surface area (Å²) in [7, 11) is 0. The van der Waals surface area contributed by atoms with Crippen LogP contribution in [-0.4, -0.2) is 45.8 Å². The lowest BCUT2D eigenvalue weighted by Crippen LogP contribution is -2.59. The van der Waals surface area contributed by atoms with E-state index in [2.05, 4.69) is 10.6 Å². The average Bonchev–Trinajstić information content (AvgIpc) is 2.70. The van der Waals surface area contributed by atoms with Crippen molar-refractivity contribution in [2.24, 2.45) is 0 Å². The minimum atomic E-state index is -1.21. The van der Waals surface area contributed by atoms with Gasteiger partial charge in [0, 0.05) is 0 Å². The zero-order chi connectivity index (χ0) is 19.3. The molecule has 0 unspecified atom stereocenters.